The highest BCUT2D eigenvalue weighted by atomic mass is 32.2. The first-order chi connectivity index (χ1) is 11.1. The second kappa shape index (κ2) is 6.98. The van der Waals surface area contributed by atoms with Gasteiger partial charge in [0.05, 0.1) is 5.03 Å². The molecule has 0 bridgehead atoms. The number of halogens is 1. The molecule has 0 spiro atoms. The van der Waals surface area contributed by atoms with Crippen LogP contribution in [0.1, 0.15) is 18.4 Å². The summed E-state index contributed by atoms with van der Waals surface area (Å²) in [4.78, 5) is 4.47. The number of hydrogen-bond donors (Lipinski definition) is 0. The van der Waals surface area contributed by atoms with Crippen molar-refractivity contribution >= 4 is 21.8 Å². The zero-order valence-electron chi connectivity index (χ0n) is 12.5. The number of pyridine rings is 1. The van der Waals surface area contributed by atoms with E-state index < -0.39 is 10.0 Å². The third kappa shape index (κ3) is 3.91. The molecule has 0 atom stereocenters. The van der Waals surface area contributed by atoms with Crippen LogP contribution in [-0.4, -0.2) is 30.8 Å². The minimum Gasteiger partial charge on any atom is -0.249 e. The van der Waals surface area contributed by atoms with E-state index in [4.69, 9.17) is 0 Å². The Bertz CT molecular complexity index is 756. The molecule has 1 aromatic heterocycles. The molecule has 2 aromatic rings. The van der Waals surface area contributed by atoms with Gasteiger partial charge in [-0.3, -0.25) is 0 Å². The van der Waals surface area contributed by atoms with E-state index in [1.807, 2.05) is 0 Å². The maximum atomic E-state index is 12.9. The van der Waals surface area contributed by atoms with Gasteiger partial charge in [-0.15, -0.1) is 11.8 Å². The molecule has 0 amide bonds. The standard InChI is InChI=1S/C16H17FN2O2S2/c17-14-5-3-13(4-6-14)12-22-16-8-7-15(11-18-16)23(20,21)19-9-1-2-10-19/h3-8,11H,1-2,9-10,12H2. The third-order valence-electron chi connectivity index (χ3n) is 3.71. The zero-order chi connectivity index (χ0) is 16.3. The summed E-state index contributed by atoms with van der Waals surface area (Å²) < 4.78 is 39.2. The summed E-state index contributed by atoms with van der Waals surface area (Å²) in [6.07, 6.45) is 3.25. The van der Waals surface area contributed by atoms with E-state index in [1.54, 1.807) is 24.3 Å². The molecule has 2 heterocycles. The molecular formula is C16H17FN2O2S2. The number of sulfonamides is 1. The van der Waals surface area contributed by atoms with Gasteiger partial charge in [0, 0.05) is 25.0 Å². The highest BCUT2D eigenvalue weighted by Gasteiger charge is 2.27. The Kier molecular flexibility index (Phi) is 4.99. The molecule has 0 saturated carbocycles. The number of thioether (sulfide) groups is 1. The Hall–Kier alpha value is -1.44. The van der Waals surface area contributed by atoms with Crippen molar-refractivity contribution in [3.05, 3.63) is 54.0 Å². The molecule has 1 fully saturated rings. The van der Waals surface area contributed by atoms with Crippen LogP contribution in [0.15, 0.2) is 52.5 Å². The van der Waals surface area contributed by atoms with Gasteiger partial charge in [0.25, 0.3) is 0 Å². The van der Waals surface area contributed by atoms with E-state index >= 15 is 0 Å². The van der Waals surface area contributed by atoms with E-state index in [0.717, 1.165) is 23.4 Å². The second-order valence-corrected chi connectivity index (χ2v) is 8.29. The van der Waals surface area contributed by atoms with E-state index in [1.165, 1.54) is 34.4 Å². The molecule has 7 heteroatoms. The van der Waals surface area contributed by atoms with E-state index in [2.05, 4.69) is 4.98 Å². The van der Waals surface area contributed by atoms with E-state index in [0.29, 0.717) is 18.8 Å². The smallest absolute Gasteiger partial charge is 0.244 e. The van der Waals surface area contributed by atoms with Crippen molar-refractivity contribution < 1.29 is 12.8 Å². The Balaban J connectivity index is 1.66. The monoisotopic (exact) mass is 352 g/mol. The van der Waals surface area contributed by atoms with Gasteiger partial charge in [0.2, 0.25) is 10.0 Å². The molecule has 0 radical (unpaired) electrons. The summed E-state index contributed by atoms with van der Waals surface area (Å²) in [5.74, 6) is 0.402. The molecule has 4 nitrogen and oxygen atoms in total. The van der Waals surface area contributed by atoms with Crippen molar-refractivity contribution in [3.8, 4) is 0 Å². The normalized spacial score (nSPS) is 15.9. The van der Waals surface area contributed by atoms with Crippen molar-refractivity contribution in [2.45, 2.75) is 28.5 Å². The number of rotatable bonds is 5. The summed E-state index contributed by atoms with van der Waals surface area (Å²) in [6, 6.07) is 9.64. The fraction of sp³-hybridized carbons (Fsp3) is 0.312. The van der Waals surface area contributed by atoms with Crippen LogP contribution in [0.5, 0.6) is 0 Å². The second-order valence-electron chi connectivity index (χ2n) is 5.36. The molecule has 0 N–H and O–H groups in total. The van der Waals surface area contributed by atoms with Crippen molar-refractivity contribution in [2.75, 3.05) is 13.1 Å². The van der Waals surface area contributed by atoms with Crippen molar-refractivity contribution in [2.24, 2.45) is 0 Å². The Morgan fingerprint density at radius 2 is 1.78 bits per heavy atom. The predicted octanol–water partition coefficient (Wildman–Crippen LogP) is 3.30. The molecule has 0 aliphatic carbocycles. The number of aromatic nitrogens is 1. The first-order valence-electron chi connectivity index (χ1n) is 7.39. The number of nitrogens with zero attached hydrogens (tertiary/aromatic N) is 2. The topological polar surface area (TPSA) is 50.3 Å². The van der Waals surface area contributed by atoms with Crippen LogP contribution < -0.4 is 0 Å². The molecule has 122 valence electrons. The lowest BCUT2D eigenvalue weighted by molar-refractivity contribution is 0.477. The van der Waals surface area contributed by atoms with E-state index in [9.17, 15) is 12.8 Å². The molecule has 1 aliphatic rings. The number of hydrogen-bond acceptors (Lipinski definition) is 4. The molecule has 0 unspecified atom stereocenters. The summed E-state index contributed by atoms with van der Waals surface area (Å²) in [5.41, 5.74) is 0.993. The molecule has 1 saturated heterocycles. The number of benzene rings is 1. The molecule has 1 aromatic carbocycles. The highest BCUT2D eigenvalue weighted by Crippen LogP contribution is 2.24. The van der Waals surface area contributed by atoms with Crippen LogP contribution in [0.3, 0.4) is 0 Å². The van der Waals surface area contributed by atoms with Crippen LogP contribution in [-0.2, 0) is 15.8 Å². The average Bonchev–Trinajstić information content (AvgIpc) is 3.10. The highest BCUT2D eigenvalue weighted by molar-refractivity contribution is 7.98. The Labute approximate surface area is 139 Å². The minimum absolute atomic E-state index is 0.241. The largest absolute Gasteiger partial charge is 0.249 e. The van der Waals surface area contributed by atoms with Crippen LogP contribution in [0, 0.1) is 5.82 Å². The van der Waals surface area contributed by atoms with Gasteiger partial charge in [0.1, 0.15) is 10.7 Å². The van der Waals surface area contributed by atoms with Crippen molar-refractivity contribution in [3.63, 3.8) is 0 Å². The predicted molar refractivity (Wildman–Crippen MR) is 88.2 cm³/mol. The summed E-state index contributed by atoms with van der Waals surface area (Å²) >= 11 is 1.49. The lowest BCUT2D eigenvalue weighted by Crippen LogP contribution is -2.27. The zero-order valence-corrected chi connectivity index (χ0v) is 14.1. The maximum Gasteiger partial charge on any atom is 0.244 e. The third-order valence-corrected chi connectivity index (χ3v) is 6.61. The summed E-state index contributed by atoms with van der Waals surface area (Å²) in [6.45, 7) is 1.17. The Morgan fingerprint density at radius 3 is 2.39 bits per heavy atom. The fourth-order valence-corrected chi connectivity index (χ4v) is 4.68. The minimum atomic E-state index is -3.41. The summed E-state index contributed by atoms with van der Waals surface area (Å²) in [5, 5.41) is 0.745. The van der Waals surface area contributed by atoms with Gasteiger partial charge in [-0.05, 0) is 42.7 Å². The average molecular weight is 352 g/mol. The van der Waals surface area contributed by atoms with Gasteiger partial charge in [-0.25, -0.2) is 17.8 Å². The van der Waals surface area contributed by atoms with Crippen LogP contribution in [0.25, 0.3) is 0 Å². The van der Waals surface area contributed by atoms with Crippen LogP contribution >= 0.6 is 11.8 Å². The van der Waals surface area contributed by atoms with Crippen LogP contribution in [0.4, 0.5) is 4.39 Å². The van der Waals surface area contributed by atoms with Crippen molar-refractivity contribution in [1.82, 2.24) is 9.29 Å². The Morgan fingerprint density at radius 1 is 1.09 bits per heavy atom. The van der Waals surface area contributed by atoms with Crippen molar-refractivity contribution in [1.29, 1.82) is 0 Å². The van der Waals surface area contributed by atoms with Gasteiger partial charge < -0.3 is 0 Å². The first-order valence-corrected chi connectivity index (χ1v) is 9.82. The van der Waals surface area contributed by atoms with Gasteiger partial charge >= 0.3 is 0 Å². The van der Waals surface area contributed by atoms with Crippen LogP contribution in [0.2, 0.25) is 0 Å². The summed E-state index contributed by atoms with van der Waals surface area (Å²) in [7, 11) is -3.41. The molecule has 23 heavy (non-hydrogen) atoms. The molecule has 1 aliphatic heterocycles. The molecular weight excluding hydrogens is 335 g/mol. The lowest BCUT2D eigenvalue weighted by Gasteiger charge is -2.15. The molecule has 3 rings (SSSR count). The SMILES string of the molecule is O=S(=O)(c1ccc(SCc2ccc(F)cc2)nc1)N1CCCC1. The fourth-order valence-electron chi connectivity index (χ4n) is 2.42. The first kappa shape index (κ1) is 16.4. The van der Waals surface area contributed by atoms with Gasteiger partial charge in [-0.2, -0.15) is 4.31 Å². The quantitative estimate of drug-likeness (QED) is 0.775. The maximum absolute atomic E-state index is 12.9. The van der Waals surface area contributed by atoms with E-state index in [-0.39, 0.29) is 10.7 Å². The van der Waals surface area contributed by atoms with Gasteiger partial charge in [-0.1, -0.05) is 12.1 Å². The lowest BCUT2D eigenvalue weighted by atomic mass is 10.2. The van der Waals surface area contributed by atoms with Gasteiger partial charge in [0.15, 0.2) is 0 Å².